The van der Waals surface area contributed by atoms with Crippen LogP contribution in [0.15, 0.2) is 48.5 Å². The monoisotopic (exact) mass is 421 g/mol. The third-order valence-corrected chi connectivity index (χ3v) is 6.30. The van der Waals surface area contributed by atoms with Crippen molar-refractivity contribution in [2.24, 2.45) is 5.92 Å². The third kappa shape index (κ3) is 4.53. The standard InChI is InChI=1S/C25H31N3O3/c1-17(2)26-25(30)28-15-22(19-9-6-10-21(13-19)31-3)23(16-28)24(29)27-12-11-18-7-4-5-8-20(18)14-27/h4-10,13,17,22-23H,11-12,14-16H2,1-3H3,(H,26,30). The van der Waals surface area contributed by atoms with Gasteiger partial charge in [-0.2, -0.15) is 0 Å². The number of carbonyl (C=O) groups excluding carboxylic acids is 2. The number of urea groups is 1. The van der Waals surface area contributed by atoms with E-state index >= 15 is 0 Å². The van der Waals surface area contributed by atoms with Crippen molar-refractivity contribution in [2.45, 2.75) is 38.8 Å². The van der Waals surface area contributed by atoms with Gasteiger partial charge in [0, 0.05) is 38.1 Å². The summed E-state index contributed by atoms with van der Waals surface area (Å²) in [7, 11) is 1.64. The largest absolute Gasteiger partial charge is 0.497 e. The highest BCUT2D eigenvalue weighted by atomic mass is 16.5. The van der Waals surface area contributed by atoms with Crippen LogP contribution in [0.25, 0.3) is 0 Å². The average Bonchev–Trinajstić information content (AvgIpc) is 3.23. The van der Waals surface area contributed by atoms with Crippen molar-refractivity contribution >= 4 is 11.9 Å². The summed E-state index contributed by atoms with van der Waals surface area (Å²) in [6, 6.07) is 16.1. The van der Waals surface area contributed by atoms with Crippen LogP contribution in [0.1, 0.15) is 36.5 Å². The van der Waals surface area contributed by atoms with Crippen molar-refractivity contribution in [3.8, 4) is 5.75 Å². The zero-order chi connectivity index (χ0) is 22.0. The van der Waals surface area contributed by atoms with Gasteiger partial charge in [0.05, 0.1) is 13.0 Å². The van der Waals surface area contributed by atoms with E-state index in [1.807, 2.05) is 49.1 Å². The van der Waals surface area contributed by atoms with Crippen LogP contribution in [0.4, 0.5) is 4.79 Å². The normalized spacial score (nSPS) is 20.5. The van der Waals surface area contributed by atoms with Crippen molar-refractivity contribution in [1.29, 1.82) is 0 Å². The number of benzene rings is 2. The lowest BCUT2D eigenvalue weighted by atomic mass is 9.87. The molecular formula is C25H31N3O3. The van der Waals surface area contributed by atoms with Crippen molar-refractivity contribution in [3.63, 3.8) is 0 Å². The molecule has 0 spiro atoms. The van der Waals surface area contributed by atoms with Crippen LogP contribution in [0, 0.1) is 5.92 Å². The zero-order valence-corrected chi connectivity index (χ0v) is 18.5. The second kappa shape index (κ2) is 9.00. The van der Waals surface area contributed by atoms with Gasteiger partial charge in [-0.25, -0.2) is 4.79 Å². The zero-order valence-electron chi connectivity index (χ0n) is 18.5. The van der Waals surface area contributed by atoms with E-state index in [1.165, 1.54) is 11.1 Å². The summed E-state index contributed by atoms with van der Waals surface area (Å²) in [5, 5.41) is 2.97. The molecule has 3 amide bonds. The van der Waals surface area contributed by atoms with E-state index < -0.39 is 0 Å². The molecule has 4 rings (SSSR count). The molecule has 0 radical (unpaired) electrons. The number of fused-ring (bicyclic) bond motifs is 1. The smallest absolute Gasteiger partial charge is 0.317 e. The summed E-state index contributed by atoms with van der Waals surface area (Å²) in [5.74, 6) is 0.566. The van der Waals surface area contributed by atoms with Gasteiger partial charge in [0.1, 0.15) is 5.75 Å². The highest BCUT2D eigenvalue weighted by molar-refractivity contribution is 5.83. The topological polar surface area (TPSA) is 61.9 Å². The summed E-state index contributed by atoms with van der Waals surface area (Å²) in [6.07, 6.45) is 0.871. The summed E-state index contributed by atoms with van der Waals surface area (Å²) >= 11 is 0. The van der Waals surface area contributed by atoms with Gasteiger partial charge in [0.25, 0.3) is 0 Å². The van der Waals surface area contributed by atoms with Gasteiger partial charge < -0.3 is 19.9 Å². The van der Waals surface area contributed by atoms with Crippen LogP contribution in [-0.2, 0) is 17.8 Å². The number of likely N-dealkylation sites (tertiary alicyclic amines) is 1. The molecule has 1 N–H and O–H groups in total. The molecule has 31 heavy (non-hydrogen) atoms. The molecule has 1 fully saturated rings. The molecular weight excluding hydrogens is 390 g/mol. The molecule has 0 aromatic heterocycles. The molecule has 2 aromatic rings. The molecule has 2 aliphatic rings. The summed E-state index contributed by atoms with van der Waals surface area (Å²) in [4.78, 5) is 30.1. The molecule has 6 nitrogen and oxygen atoms in total. The van der Waals surface area contributed by atoms with Gasteiger partial charge in [0.15, 0.2) is 0 Å². The molecule has 1 saturated heterocycles. The molecule has 164 valence electrons. The van der Waals surface area contributed by atoms with E-state index in [2.05, 4.69) is 23.5 Å². The van der Waals surface area contributed by atoms with Crippen molar-refractivity contribution in [1.82, 2.24) is 15.1 Å². The van der Waals surface area contributed by atoms with E-state index in [9.17, 15) is 9.59 Å². The number of nitrogens with one attached hydrogen (secondary N) is 1. The van der Waals surface area contributed by atoms with Gasteiger partial charge in [0.2, 0.25) is 5.91 Å². The molecule has 2 aliphatic heterocycles. The molecule has 6 heteroatoms. The lowest BCUT2D eigenvalue weighted by molar-refractivity contribution is -0.136. The summed E-state index contributed by atoms with van der Waals surface area (Å²) < 4.78 is 5.40. The van der Waals surface area contributed by atoms with E-state index in [-0.39, 0.29) is 29.8 Å². The first kappa shape index (κ1) is 21.2. The van der Waals surface area contributed by atoms with Gasteiger partial charge in [-0.05, 0) is 49.1 Å². The average molecular weight is 422 g/mol. The summed E-state index contributed by atoms with van der Waals surface area (Å²) in [5.41, 5.74) is 3.57. The minimum atomic E-state index is -0.268. The van der Waals surface area contributed by atoms with Crippen LogP contribution >= 0.6 is 0 Å². The minimum Gasteiger partial charge on any atom is -0.497 e. The first-order valence-electron chi connectivity index (χ1n) is 11.0. The number of carbonyl (C=O) groups is 2. The van der Waals surface area contributed by atoms with Crippen molar-refractivity contribution in [3.05, 3.63) is 65.2 Å². The van der Waals surface area contributed by atoms with E-state index in [0.29, 0.717) is 19.6 Å². The molecule has 2 atom stereocenters. The Morgan fingerprint density at radius 1 is 1.03 bits per heavy atom. The molecule has 2 aromatic carbocycles. The third-order valence-electron chi connectivity index (χ3n) is 6.30. The Balaban J connectivity index is 1.59. The van der Waals surface area contributed by atoms with Gasteiger partial charge in [-0.15, -0.1) is 0 Å². The van der Waals surface area contributed by atoms with Crippen LogP contribution < -0.4 is 10.1 Å². The molecule has 0 aliphatic carbocycles. The predicted octanol–water partition coefficient (Wildman–Crippen LogP) is 3.41. The highest BCUT2D eigenvalue weighted by Crippen LogP contribution is 2.36. The molecule has 2 unspecified atom stereocenters. The fourth-order valence-corrected chi connectivity index (χ4v) is 4.69. The Hall–Kier alpha value is -3.02. The Morgan fingerprint density at radius 3 is 2.55 bits per heavy atom. The van der Waals surface area contributed by atoms with Crippen molar-refractivity contribution < 1.29 is 14.3 Å². The second-order valence-electron chi connectivity index (χ2n) is 8.78. The highest BCUT2D eigenvalue weighted by Gasteiger charge is 2.42. The second-order valence-corrected chi connectivity index (χ2v) is 8.78. The molecule has 0 saturated carbocycles. The number of methoxy groups -OCH3 is 1. The first-order valence-corrected chi connectivity index (χ1v) is 11.0. The number of rotatable bonds is 4. The van der Waals surface area contributed by atoms with Crippen LogP contribution in [0.3, 0.4) is 0 Å². The number of nitrogens with zero attached hydrogens (tertiary/aromatic N) is 2. The number of hydrogen-bond acceptors (Lipinski definition) is 3. The number of amides is 3. The Bertz CT molecular complexity index is 959. The number of hydrogen-bond donors (Lipinski definition) is 1. The Morgan fingerprint density at radius 2 is 1.81 bits per heavy atom. The van der Waals surface area contributed by atoms with Gasteiger partial charge in [-0.3, -0.25) is 4.79 Å². The fraction of sp³-hybridized carbons (Fsp3) is 0.440. The van der Waals surface area contributed by atoms with Gasteiger partial charge in [-0.1, -0.05) is 36.4 Å². The fourth-order valence-electron chi connectivity index (χ4n) is 4.69. The maximum absolute atomic E-state index is 13.7. The lowest BCUT2D eigenvalue weighted by Gasteiger charge is -2.32. The Labute approximate surface area is 184 Å². The maximum Gasteiger partial charge on any atom is 0.317 e. The van der Waals surface area contributed by atoms with Crippen LogP contribution in [-0.4, -0.2) is 54.5 Å². The van der Waals surface area contributed by atoms with Crippen LogP contribution in [0.2, 0.25) is 0 Å². The van der Waals surface area contributed by atoms with Crippen LogP contribution in [0.5, 0.6) is 5.75 Å². The molecule has 0 bridgehead atoms. The predicted molar refractivity (Wildman–Crippen MR) is 120 cm³/mol. The molecule has 2 heterocycles. The quantitative estimate of drug-likeness (QED) is 0.823. The SMILES string of the molecule is COc1cccc(C2CN(C(=O)NC(C)C)CC2C(=O)N2CCc3ccccc3C2)c1. The van der Waals surface area contributed by atoms with E-state index in [0.717, 1.165) is 24.3 Å². The minimum absolute atomic E-state index is 0.0520. The lowest BCUT2D eigenvalue weighted by Crippen LogP contribution is -2.44. The Kier molecular flexibility index (Phi) is 6.16. The van der Waals surface area contributed by atoms with E-state index in [4.69, 9.17) is 4.74 Å². The number of ether oxygens (including phenoxy) is 1. The maximum atomic E-state index is 13.7. The van der Waals surface area contributed by atoms with Gasteiger partial charge >= 0.3 is 6.03 Å². The first-order chi connectivity index (χ1) is 15.0. The van der Waals surface area contributed by atoms with Crippen molar-refractivity contribution in [2.75, 3.05) is 26.7 Å². The summed E-state index contributed by atoms with van der Waals surface area (Å²) in [6.45, 7) is 6.19. The van der Waals surface area contributed by atoms with E-state index in [1.54, 1.807) is 12.0 Å².